The number of carbonyl (C=O) groups excluding carboxylic acids is 2. The molecule has 0 bridgehead atoms. The van der Waals surface area contributed by atoms with E-state index in [0.717, 1.165) is 5.56 Å². The second kappa shape index (κ2) is 8.71. The number of hydrogen-bond donors (Lipinski definition) is 2. The second-order valence-electron chi connectivity index (χ2n) is 5.82. The highest BCUT2D eigenvalue weighted by Gasteiger charge is 2.11. The Balaban J connectivity index is 1.67. The predicted molar refractivity (Wildman–Crippen MR) is 108 cm³/mol. The van der Waals surface area contributed by atoms with Crippen LogP contribution in [-0.4, -0.2) is 11.8 Å². The molecule has 0 aromatic heterocycles. The van der Waals surface area contributed by atoms with E-state index in [1.807, 2.05) is 18.2 Å². The molecule has 136 valence electrons. The fourth-order valence-corrected chi connectivity index (χ4v) is 2.79. The van der Waals surface area contributed by atoms with Gasteiger partial charge in [0, 0.05) is 33.4 Å². The normalized spacial score (nSPS) is 10.3. The van der Waals surface area contributed by atoms with Gasteiger partial charge < -0.3 is 10.6 Å². The zero-order chi connectivity index (χ0) is 19.2. The molecule has 4 nitrogen and oxygen atoms in total. The molecule has 27 heavy (non-hydrogen) atoms. The van der Waals surface area contributed by atoms with Crippen LogP contribution in [0.15, 0.2) is 72.8 Å². The molecule has 2 N–H and O–H groups in total. The lowest BCUT2D eigenvalue weighted by molar-refractivity contribution is 0.0951. The fourth-order valence-electron chi connectivity index (χ4n) is 2.46. The van der Waals surface area contributed by atoms with Gasteiger partial charge in [-0.2, -0.15) is 0 Å². The van der Waals surface area contributed by atoms with E-state index in [1.165, 1.54) is 0 Å². The Labute approximate surface area is 167 Å². The fraction of sp³-hybridized carbons (Fsp3) is 0.0476. The minimum absolute atomic E-state index is 0.281. The first kappa shape index (κ1) is 19.0. The molecule has 0 aliphatic heterocycles. The molecule has 0 aliphatic rings. The lowest BCUT2D eigenvalue weighted by atomic mass is 10.1. The summed E-state index contributed by atoms with van der Waals surface area (Å²) in [5.41, 5.74) is 2.23. The van der Waals surface area contributed by atoms with E-state index in [9.17, 15) is 9.59 Å². The molecule has 0 heterocycles. The Kier molecular flexibility index (Phi) is 6.12. The quantitative estimate of drug-likeness (QED) is 0.622. The van der Waals surface area contributed by atoms with E-state index < -0.39 is 0 Å². The zero-order valence-electron chi connectivity index (χ0n) is 14.2. The zero-order valence-corrected chi connectivity index (χ0v) is 15.7. The van der Waals surface area contributed by atoms with E-state index in [0.29, 0.717) is 33.4 Å². The maximum Gasteiger partial charge on any atom is 0.255 e. The Morgan fingerprint density at radius 1 is 0.778 bits per heavy atom. The SMILES string of the molecule is O=C(NCc1ccccc1Cl)c1cccc(C(=O)Nc2ccc(Cl)cc2)c1. The summed E-state index contributed by atoms with van der Waals surface area (Å²) >= 11 is 11.9. The third kappa shape index (κ3) is 5.09. The van der Waals surface area contributed by atoms with Gasteiger partial charge in [-0.15, -0.1) is 0 Å². The van der Waals surface area contributed by atoms with Crippen LogP contribution in [0.2, 0.25) is 10.0 Å². The first-order chi connectivity index (χ1) is 13.0. The highest BCUT2D eigenvalue weighted by Crippen LogP contribution is 2.16. The largest absolute Gasteiger partial charge is 0.348 e. The summed E-state index contributed by atoms with van der Waals surface area (Å²) in [5, 5.41) is 6.76. The molecule has 0 radical (unpaired) electrons. The third-order valence-electron chi connectivity index (χ3n) is 3.89. The van der Waals surface area contributed by atoms with Gasteiger partial charge in [0.15, 0.2) is 0 Å². The van der Waals surface area contributed by atoms with Crippen molar-refractivity contribution in [3.8, 4) is 0 Å². The average molecular weight is 399 g/mol. The molecule has 0 spiro atoms. The molecule has 0 saturated carbocycles. The van der Waals surface area contributed by atoms with Crippen LogP contribution in [0.4, 0.5) is 5.69 Å². The Morgan fingerprint density at radius 3 is 2.15 bits per heavy atom. The minimum atomic E-state index is -0.307. The molecular formula is C21H16Cl2N2O2. The molecular weight excluding hydrogens is 383 g/mol. The molecule has 0 aliphatic carbocycles. The van der Waals surface area contributed by atoms with Gasteiger partial charge in [-0.25, -0.2) is 0 Å². The van der Waals surface area contributed by atoms with Crippen molar-refractivity contribution in [3.63, 3.8) is 0 Å². The maximum atomic E-state index is 12.4. The van der Waals surface area contributed by atoms with Crippen LogP contribution < -0.4 is 10.6 Å². The summed E-state index contributed by atoms with van der Waals surface area (Å²) in [5.74, 6) is -0.589. The molecule has 2 amide bonds. The summed E-state index contributed by atoms with van der Waals surface area (Å²) in [6.07, 6.45) is 0. The van der Waals surface area contributed by atoms with Crippen LogP contribution in [0, 0.1) is 0 Å². The first-order valence-electron chi connectivity index (χ1n) is 8.21. The summed E-state index contributed by atoms with van der Waals surface area (Å²) in [6, 6.07) is 20.6. The van der Waals surface area contributed by atoms with Gasteiger partial charge in [-0.3, -0.25) is 9.59 Å². The molecule has 6 heteroatoms. The standard InChI is InChI=1S/C21H16Cl2N2O2/c22-17-8-10-18(11-9-17)25-21(27)15-6-3-5-14(12-15)20(26)24-13-16-4-1-2-7-19(16)23/h1-12H,13H2,(H,24,26)(H,25,27). The van der Waals surface area contributed by atoms with Gasteiger partial charge in [0.25, 0.3) is 11.8 Å². The van der Waals surface area contributed by atoms with Gasteiger partial charge >= 0.3 is 0 Å². The summed E-state index contributed by atoms with van der Waals surface area (Å²) in [6.45, 7) is 0.305. The number of benzene rings is 3. The van der Waals surface area contributed by atoms with Crippen molar-refractivity contribution >= 4 is 40.7 Å². The van der Waals surface area contributed by atoms with Crippen LogP contribution in [0.3, 0.4) is 0 Å². The van der Waals surface area contributed by atoms with Crippen molar-refractivity contribution < 1.29 is 9.59 Å². The predicted octanol–water partition coefficient (Wildman–Crippen LogP) is 5.18. The molecule has 3 aromatic rings. The van der Waals surface area contributed by atoms with Crippen LogP contribution in [0.25, 0.3) is 0 Å². The smallest absolute Gasteiger partial charge is 0.255 e. The van der Waals surface area contributed by atoms with Gasteiger partial charge in [0.2, 0.25) is 0 Å². The number of halogens is 2. The summed E-state index contributed by atoms with van der Waals surface area (Å²) < 4.78 is 0. The topological polar surface area (TPSA) is 58.2 Å². The van der Waals surface area contributed by atoms with Crippen molar-refractivity contribution in [2.45, 2.75) is 6.54 Å². The lowest BCUT2D eigenvalue weighted by Crippen LogP contribution is -2.23. The van der Waals surface area contributed by atoms with E-state index >= 15 is 0 Å². The first-order valence-corrected chi connectivity index (χ1v) is 8.97. The van der Waals surface area contributed by atoms with Crippen molar-refractivity contribution in [1.29, 1.82) is 0 Å². The molecule has 0 saturated heterocycles. The average Bonchev–Trinajstić information content (AvgIpc) is 2.69. The number of rotatable bonds is 5. The van der Waals surface area contributed by atoms with Gasteiger partial charge in [-0.05, 0) is 54.1 Å². The lowest BCUT2D eigenvalue weighted by Gasteiger charge is -2.09. The number of nitrogens with one attached hydrogen (secondary N) is 2. The van der Waals surface area contributed by atoms with E-state index in [1.54, 1.807) is 54.6 Å². The van der Waals surface area contributed by atoms with Crippen molar-refractivity contribution in [2.75, 3.05) is 5.32 Å². The Morgan fingerprint density at radius 2 is 1.44 bits per heavy atom. The monoisotopic (exact) mass is 398 g/mol. The number of anilines is 1. The van der Waals surface area contributed by atoms with Crippen LogP contribution in [0.1, 0.15) is 26.3 Å². The van der Waals surface area contributed by atoms with Gasteiger partial charge in [0.05, 0.1) is 0 Å². The number of amides is 2. The number of carbonyl (C=O) groups is 2. The highest BCUT2D eigenvalue weighted by atomic mass is 35.5. The molecule has 0 atom stereocenters. The summed E-state index contributed by atoms with van der Waals surface area (Å²) in [7, 11) is 0. The van der Waals surface area contributed by atoms with E-state index in [4.69, 9.17) is 23.2 Å². The van der Waals surface area contributed by atoms with Gasteiger partial charge in [-0.1, -0.05) is 47.5 Å². The van der Waals surface area contributed by atoms with Crippen LogP contribution >= 0.6 is 23.2 Å². The van der Waals surface area contributed by atoms with Gasteiger partial charge in [0.1, 0.15) is 0 Å². The second-order valence-corrected chi connectivity index (χ2v) is 6.66. The van der Waals surface area contributed by atoms with E-state index in [-0.39, 0.29) is 11.8 Å². The summed E-state index contributed by atoms with van der Waals surface area (Å²) in [4.78, 5) is 24.8. The third-order valence-corrected chi connectivity index (χ3v) is 4.51. The minimum Gasteiger partial charge on any atom is -0.348 e. The molecule has 3 aromatic carbocycles. The Bertz CT molecular complexity index is 972. The van der Waals surface area contributed by atoms with Crippen molar-refractivity contribution in [2.24, 2.45) is 0 Å². The molecule has 0 unspecified atom stereocenters. The van der Waals surface area contributed by atoms with Crippen molar-refractivity contribution in [3.05, 3.63) is 99.5 Å². The molecule has 0 fully saturated rings. The maximum absolute atomic E-state index is 12.4. The van der Waals surface area contributed by atoms with Crippen LogP contribution in [0.5, 0.6) is 0 Å². The van der Waals surface area contributed by atoms with Crippen LogP contribution in [-0.2, 0) is 6.54 Å². The molecule has 3 rings (SSSR count). The van der Waals surface area contributed by atoms with Crippen molar-refractivity contribution in [1.82, 2.24) is 5.32 Å². The Hall–Kier alpha value is -2.82. The van der Waals surface area contributed by atoms with E-state index in [2.05, 4.69) is 10.6 Å². The number of hydrogen-bond acceptors (Lipinski definition) is 2. The highest BCUT2D eigenvalue weighted by molar-refractivity contribution is 6.31.